The number of nitrogens with one attached hydrogen (secondary N) is 2. The van der Waals surface area contributed by atoms with Gasteiger partial charge in [-0.1, -0.05) is 12.1 Å². The van der Waals surface area contributed by atoms with Crippen molar-refractivity contribution in [1.82, 2.24) is 10.6 Å². The number of carbonyl (C=O) groups excluding carboxylic acids is 1. The van der Waals surface area contributed by atoms with Gasteiger partial charge in [-0.25, -0.2) is 4.39 Å². The average molecular weight is 267 g/mol. The highest BCUT2D eigenvalue weighted by atomic mass is 19.1. The van der Waals surface area contributed by atoms with Gasteiger partial charge in [-0.2, -0.15) is 0 Å². The minimum Gasteiger partial charge on any atom is -0.348 e. The van der Waals surface area contributed by atoms with E-state index in [4.69, 9.17) is 0 Å². The fourth-order valence-corrected chi connectivity index (χ4v) is 2.09. The number of nitro groups is 1. The van der Waals surface area contributed by atoms with E-state index < -0.39 is 17.0 Å². The van der Waals surface area contributed by atoms with Crippen LogP contribution in [-0.2, 0) is 0 Å². The standard InChI is InChI=1S/C12H14FN3O3/c13-8-5-9(7-14-6-8)15-12(17)10-3-1-2-4-11(10)16(18)19/h1-4,8-9,14H,5-7H2,(H,15,17)/t8-,9-/m0/s1. The maximum Gasteiger partial charge on any atom is 0.282 e. The van der Waals surface area contributed by atoms with Crippen LogP contribution in [0.2, 0.25) is 0 Å². The number of alkyl halides is 1. The number of carbonyl (C=O) groups is 1. The third-order valence-electron chi connectivity index (χ3n) is 2.98. The summed E-state index contributed by atoms with van der Waals surface area (Å²) < 4.78 is 13.2. The van der Waals surface area contributed by atoms with Crippen molar-refractivity contribution in [2.45, 2.75) is 18.6 Å². The molecule has 1 aliphatic rings. The Kier molecular flexibility index (Phi) is 4.06. The third-order valence-corrected chi connectivity index (χ3v) is 2.98. The molecule has 1 saturated heterocycles. The first-order valence-electron chi connectivity index (χ1n) is 5.97. The van der Waals surface area contributed by atoms with Crippen molar-refractivity contribution in [3.05, 3.63) is 39.9 Å². The van der Waals surface area contributed by atoms with E-state index in [1.54, 1.807) is 6.07 Å². The van der Waals surface area contributed by atoms with Gasteiger partial charge in [-0.05, 0) is 6.07 Å². The summed E-state index contributed by atoms with van der Waals surface area (Å²) >= 11 is 0. The number of nitro benzene ring substituents is 1. The number of benzene rings is 1. The molecule has 1 fully saturated rings. The Bertz CT molecular complexity index is 495. The lowest BCUT2D eigenvalue weighted by molar-refractivity contribution is -0.385. The van der Waals surface area contributed by atoms with Gasteiger partial charge in [0.15, 0.2) is 0 Å². The van der Waals surface area contributed by atoms with Crippen LogP contribution in [0.4, 0.5) is 10.1 Å². The molecule has 2 rings (SSSR count). The van der Waals surface area contributed by atoms with Gasteiger partial charge in [0.25, 0.3) is 11.6 Å². The van der Waals surface area contributed by atoms with Crippen molar-refractivity contribution in [2.75, 3.05) is 13.1 Å². The Morgan fingerprint density at radius 1 is 1.42 bits per heavy atom. The number of nitrogens with zero attached hydrogens (tertiary/aromatic N) is 1. The van der Waals surface area contributed by atoms with Crippen LogP contribution in [-0.4, -0.2) is 36.1 Å². The number of halogens is 1. The van der Waals surface area contributed by atoms with E-state index in [9.17, 15) is 19.3 Å². The fraction of sp³-hybridized carbons (Fsp3) is 0.417. The van der Waals surface area contributed by atoms with E-state index >= 15 is 0 Å². The molecule has 7 heteroatoms. The molecule has 102 valence electrons. The van der Waals surface area contributed by atoms with Gasteiger partial charge in [0.2, 0.25) is 0 Å². The van der Waals surface area contributed by atoms with Gasteiger partial charge in [-0.3, -0.25) is 14.9 Å². The number of para-hydroxylation sites is 1. The molecule has 1 aromatic rings. The lowest BCUT2D eigenvalue weighted by Gasteiger charge is -2.26. The average Bonchev–Trinajstić information content (AvgIpc) is 2.38. The Morgan fingerprint density at radius 2 is 2.16 bits per heavy atom. The zero-order valence-electron chi connectivity index (χ0n) is 10.1. The highest BCUT2D eigenvalue weighted by molar-refractivity contribution is 5.98. The monoisotopic (exact) mass is 267 g/mol. The molecule has 0 aliphatic carbocycles. The number of hydrogen-bond donors (Lipinski definition) is 2. The summed E-state index contributed by atoms with van der Waals surface area (Å²) in [6, 6.07) is 5.35. The molecule has 0 radical (unpaired) electrons. The summed E-state index contributed by atoms with van der Waals surface area (Å²) in [5.41, 5.74) is -0.256. The van der Waals surface area contributed by atoms with Crippen LogP contribution >= 0.6 is 0 Å². The predicted octanol–water partition coefficient (Wildman–Crippen LogP) is 1.02. The topological polar surface area (TPSA) is 84.3 Å². The van der Waals surface area contributed by atoms with Gasteiger partial charge in [0.1, 0.15) is 11.7 Å². The van der Waals surface area contributed by atoms with Crippen molar-refractivity contribution >= 4 is 11.6 Å². The normalized spacial score (nSPS) is 22.8. The summed E-state index contributed by atoms with van der Waals surface area (Å²) in [4.78, 5) is 22.2. The third kappa shape index (κ3) is 3.25. The number of rotatable bonds is 3. The van der Waals surface area contributed by atoms with Gasteiger partial charge >= 0.3 is 0 Å². The lowest BCUT2D eigenvalue weighted by Crippen LogP contribution is -2.49. The summed E-state index contributed by atoms with van der Waals surface area (Å²) in [5.74, 6) is -0.548. The molecule has 0 saturated carbocycles. The molecule has 2 N–H and O–H groups in total. The Balaban J connectivity index is 2.09. The van der Waals surface area contributed by atoms with E-state index in [1.807, 2.05) is 0 Å². The molecule has 0 aromatic heterocycles. The molecular formula is C12H14FN3O3. The SMILES string of the molecule is O=C(N[C@@H]1CNC[C@@H](F)C1)c1ccccc1[N+](=O)[O-]. The Labute approximate surface area is 109 Å². The maximum atomic E-state index is 13.2. The van der Waals surface area contributed by atoms with Crippen molar-refractivity contribution in [1.29, 1.82) is 0 Å². The zero-order valence-corrected chi connectivity index (χ0v) is 10.1. The zero-order chi connectivity index (χ0) is 13.8. The van der Waals surface area contributed by atoms with Crippen LogP contribution < -0.4 is 10.6 Å². The number of piperidine rings is 1. The van der Waals surface area contributed by atoms with Crippen molar-refractivity contribution in [3.8, 4) is 0 Å². The van der Waals surface area contributed by atoms with Gasteiger partial charge in [-0.15, -0.1) is 0 Å². The molecule has 0 unspecified atom stereocenters. The quantitative estimate of drug-likeness (QED) is 0.632. The van der Waals surface area contributed by atoms with Gasteiger partial charge in [0, 0.05) is 31.6 Å². The van der Waals surface area contributed by atoms with E-state index in [0.29, 0.717) is 6.54 Å². The molecule has 2 atom stereocenters. The molecule has 19 heavy (non-hydrogen) atoms. The van der Waals surface area contributed by atoms with E-state index in [-0.39, 0.29) is 30.3 Å². The van der Waals surface area contributed by atoms with E-state index in [2.05, 4.69) is 10.6 Å². The highest BCUT2D eigenvalue weighted by Gasteiger charge is 2.25. The molecule has 0 spiro atoms. The molecule has 1 heterocycles. The number of amides is 1. The Morgan fingerprint density at radius 3 is 2.84 bits per heavy atom. The van der Waals surface area contributed by atoms with Crippen LogP contribution in [0, 0.1) is 10.1 Å². The van der Waals surface area contributed by atoms with Crippen molar-refractivity contribution in [3.63, 3.8) is 0 Å². The summed E-state index contributed by atoms with van der Waals surface area (Å²) in [5, 5.41) is 16.3. The molecule has 1 aliphatic heterocycles. The minimum absolute atomic E-state index is 0.00604. The second-order valence-corrected chi connectivity index (χ2v) is 4.44. The number of hydrogen-bond acceptors (Lipinski definition) is 4. The molecule has 6 nitrogen and oxygen atoms in total. The van der Waals surface area contributed by atoms with Crippen LogP contribution in [0.3, 0.4) is 0 Å². The van der Waals surface area contributed by atoms with Crippen molar-refractivity contribution < 1.29 is 14.1 Å². The molecule has 0 bridgehead atoms. The first kappa shape index (κ1) is 13.4. The second kappa shape index (κ2) is 5.75. The van der Waals surface area contributed by atoms with Crippen LogP contribution in [0.5, 0.6) is 0 Å². The second-order valence-electron chi connectivity index (χ2n) is 4.44. The Hall–Kier alpha value is -2.02. The largest absolute Gasteiger partial charge is 0.348 e. The van der Waals surface area contributed by atoms with Gasteiger partial charge < -0.3 is 10.6 Å². The highest BCUT2D eigenvalue weighted by Crippen LogP contribution is 2.18. The van der Waals surface area contributed by atoms with E-state index in [1.165, 1.54) is 18.2 Å². The van der Waals surface area contributed by atoms with Crippen molar-refractivity contribution in [2.24, 2.45) is 0 Å². The fourth-order valence-electron chi connectivity index (χ4n) is 2.09. The minimum atomic E-state index is -1.01. The van der Waals surface area contributed by atoms with Crippen LogP contribution in [0.1, 0.15) is 16.8 Å². The van der Waals surface area contributed by atoms with E-state index in [0.717, 1.165) is 0 Å². The van der Waals surface area contributed by atoms with Gasteiger partial charge in [0.05, 0.1) is 4.92 Å². The predicted molar refractivity (Wildman–Crippen MR) is 66.7 cm³/mol. The summed E-state index contributed by atoms with van der Waals surface area (Å²) in [6.45, 7) is 0.741. The van der Waals surface area contributed by atoms with Crippen LogP contribution in [0.15, 0.2) is 24.3 Å². The molecule has 1 amide bonds. The maximum absolute atomic E-state index is 13.2. The first-order chi connectivity index (χ1) is 9.08. The van der Waals surface area contributed by atoms with Crippen LogP contribution in [0.25, 0.3) is 0 Å². The lowest BCUT2D eigenvalue weighted by atomic mass is 10.1. The molecule has 1 aromatic carbocycles. The summed E-state index contributed by atoms with van der Waals surface area (Å²) in [6.07, 6.45) is -0.788. The smallest absolute Gasteiger partial charge is 0.282 e. The first-order valence-corrected chi connectivity index (χ1v) is 5.97. The molecular weight excluding hydrogens is 253 g/mol. The summed E-state index contributed by atoms with van der Waals surface area (Å²) in [7, 11) is 0.